The Morgan fingerprint density at radius 3 is 2.69 bits per heavy atom. The van der Waals surface area contributed by atoms with E-state index < -0.39 is 0 Å². The zero-order chi connectivity index (χ0) is 18.5. The summed E-state index contributed by atoms with van der Waals surface area (Å²) in [5.74, 6) is -0.278. The van der Waals surface area contributed by atoms with Gasteiger partial charge in [0.2, 0.25) is 11.8 Å². The molecule has 1 heterocycles. The fourth-order valence-electron chi connectivity index (χ4n) is 3.18. The van der Waals surface area contributed by atoms with Gasteiger partial charge in [0.15, 0.2) is 0 Å². The highest BCUT2D eigenvalue weighted by Crippen LogP contribution is 2.20. The minimum absolute atomic E-state index is 0.0422. The third-order valence-electron chi connectivity index (χ3n) is 4.68. The predicted molar refractivity (Wildman–Crippen MR) is 103 cm³/mol. The Hall–Kier alpha value is -2.33. The Balaban J connectivity index is 1.48. The molecule has 1 N–H and O–H groups in total. The fraction of sp³-hybridized carbons (Fsp3) is 0.333. The normalized spacial score (nSPS) is 16.8. The Morgan fingerprint density at radius 2 is 1.96 bits per heavy atom. The van der Waals surface area contributed by atoms with Gasteiger partial charge in [-0.25, -0.2) is 0 Å². The molecule has 3 rings (SSSR count). The molecule has 2 aromatic carbocycles. The summed E-state index contributed by atoms with van der Waals surface area (Å²) in [6.45, 7) is 3.62. The van der Waals surface area contributed by atoms with Crippen molar-refractivity contribution < 1.29 is 9.59 Å². The van der Waals surface area contributed by atoms with E-state index in [1.807, 2.05) is 55.5 Å². The molecule has 2 aromatic rings. The van der Waals surface area contributed by atoms with E-state index in [2.05, 4.69) is 5.32 Å². The minimum Gasteiger partial charge on any atom is -0.355 e. The van der Waals surface area contributed by atoms with Crippen LogP contribution in [0, 0.1) is 12.8 Å². The van der Waals surface area contributed by atoms with Crippen LogP contribution >= 0.6 is 11.6 Å². The van der Waals surface area contributed by atoms with Crippen molar-refractivity contribution in [1.29, 1.82) is 0 Å². The van der Waals surface area contributed by atoms with Crippen LogP contribution in [0.25, 0.3) is 0 Å². The van der Waals surface area contributed by atoms with Crippen molar-refractivity contribution >= 4 is 23.4 Å². The van der Waals surface area contributed by atoms with Crippen LogP contribution in [0.5, 0.6) is 0 Å². The van der Waals surface area contributed by atoms with Gasteiger partial charge in [-0.3, -0.25) is 9.59 Å². The molecule has 0 saturated carbocycles. The van der Waals surface area contributed by atoms with Crippen LogP contribution in [0.2, 0.25) is 5.02 Å². The van der Waals surface area contributed by atoms with Crippen LogP contribution in [0.15, 0.2) is 48.5 Å². The molecule has 0 bridgehead atoms. The number of carbonyl (C=O) groups excluding carboxylic acids is 2. The molecule has 0 aromatic heterocycles. The van der Waals surface area contributed by atoms with Gasteiger partial charge in [0, 0.05) is 31.1 Å². The Bertz CT molecular complexity index is 789. The van der Waals surface area contributed by atoms with Crippen molar-refractivity contribution in [2.75, 3.05) is 13.1 Å². The number of aryl methyl sites for hydroxylation is 1. The number of nitrogens with one attached hydrogen (secondary N) is 1. The summed E-state index contributed by atoms with van der Waals surface area (Å²) < 4.78 is 0. The number of nitrogens with zero attached hydrogens (tertiary/aromatic N) is 1. The molecule has 1 unspecified atom stereocenters. The van der Waals surface area contributed by atoms with Crippen molar-refractivity contribution in [2.45, 2.75) is 26.3 Å². The van der Waals surface area contributed by atoms with Crippen molar-refractivity contribution in [2.24, 2.45) is 5.92 Å². The molecule has 5 heteroatoms. The summed E-state index contributed by atoms with van der Waals surface area (Å²) in [5.41, 5.74) is 3.37. The molecule has 26 heavy (non-hydrogen) atoms. The number of hydrogen-bond acceptors (Lipinski definition) is 2. The van der Waals surface area contributed by atoms with Crippen LogP contribution in [0.1, 0.15) is 23.1 Å². The second kappa shape index (κ2) is 8.37. The van der Waals surface area contributed by atoms with E-state index in [9.17, 15) is 9.59 Å². The van der Waals surface area contributed by atoms with E-state index in [0.29, 0.717) is 24.7 Å². The first kappa shape index (κ1) is 18.5. The van der Waals surface area contributed by atoms with Gasteiger partial charge in [-0.1, -0.05) is 53.6 Å². The van der Waals surface area contributed by atoms with Gasteiger partial charge in [0.25, 0.3) is 0 Å². The topological polar surface area (TPSA) is 49.4 Å². The second-order valence-electron chi connectivity index (χ2n) is 6.83. The highest BCUT2D eigenvalue weighted by atomic mass is 35.5. The first-order valence-corrected chi connectivity index (χ1v) is 9.24. The Morgan fingerprint density at radius 1 is 1.19 bits per heavy atom. The van der Waals surface area contributed by atoms with Crippen LogP contribution in [0.3, 0.4) is 0 Å². The van der Waals surface area contributed by atoms with Crippen LogP contribution < -0.4 is 5.32 Å². The van der Waals surface area contributed by atoms with E-state index >= 15 is 0 Å². The quantitative estimate of drug-likeness (QED) is 0.847. The highest BCUT2D eigenvalue weighted by Gasteiger charge is 2.33. The molecule has 1 aliphatic rings. The maximum atomic E-state index is 12.4. The molecule has 2 amide bonds. The third kappa shape index (κ3) is 4.85. The van der Waals surface area contributed by atoms with E-state index in [-0.39, 0.29) is 24.2 Å². The number of likely N-dealkylation sites (tertiary alicyclic amines) is 1. The highest BCUT2D eigenvalue weighted by molar-refractivity contribution is 6.30. The largest absolute Gasteiger partial charge is 0.355 e. The van der Waals surface area contributed by atoms with Crippen LogP contribution in [0.4, 0.5) is 0 Å². The smallest absolute Gasteiger partial charge is 0.225 e. The standard InChI is InChI=1S/C21H23ClN2O2/c1-15-5-7-17(8-6-15)13-24-14-18(12-20(24)25)21(26)23-10-9-16-3-2-4-19(22)11-16/h2-8,11,18H,9-10,12-14H2,1H3,(H,23,26). The molecule has 0 spiro atoms. The lowest BCUT2D eigenvalue weighted by atomic mass is 10.1. The van der Waals surface area contributed by atoms with Crippen LogP contribution in [-0.2, 0) is 22.6 Å². The van der Waals surface area contributed by atoms with E-state index in [0.717, 1.165) is 17.5 Å². The van der Waals surface area contributed by atoms with Gasteiger partial charge < -0.3 is 10.2 Å². The van der Waals surface area contributed by atoms with Crippen molar-refractivity contribution in [1.82, 2.24) is 10.2 Å². The van der Waals surface area contributed by atoms with Crippen molar-refractivity contribution in [3.8, 4) is 0 Å². The lowest BCUT2D eigenvalue weighted by molar-refractivity contribution is -0.129. The van der Waals surface area contributed by atoms with Crippen molar-refractivity contribution in [3.05, 3.63) is 70.2 Å². The number of hydrogen-bond donors (Lipinski definition) is 1. The zero-order valence-electron chi connectivity index (χ0n) is 14.9. The van der Waals surface area contributed by atoms with E-state index in [4.69, 9.17) is 11.6 Å². The lowest BCUT2D eigenvalue weighted by Crippen LogP contribution is -2.34. The number of amides is 2. The summed E-state index contributed by atoms with van der Waals surface area (Å²) in [7, 11) is 0. The van der Waals surface area contributed by atoms with Gasteiger partial charge in [-0.15, -0.1) is 0 Å². The van der Waals surface area contributed by atoms with Gasteiger partial charge in [0.05, 0.1) is 5.92 Å². The molecule has 1 saturated heterocycles. The summed E-state index contributed by atoms with van der Waals surface area (Å²) in [6, 6.07) is 15.7. The van der Waals surface area contributed by atoms with Gasteiger partial charge in [0.1, 0.15) is 0 Å². The first-order chi connectivity index (χ1) is 12.5. The number of benzene rings is 2. The van der Waals surface area contributed by atoms with E-state index in [1.54, 1.807) is 4.90 Å². The van der Waals surface area contributed by atoms with Gasteiger partial charge in [-0.05, 0) is 36.6 Å². The SMILES string of the molecule is Cc1ccc(CN2CC(C(=O)NCCc3cccc(Cl)c3)CC2=O)cc1. The summed E-state index contributed by atoms with van der Waals surface area (Å²) in [6.07, 6.45) is 1.01. The number of carbonyl (C=O) groups is 2. The predicted octanol–water partition coefficient (Wildman–Crippen LogP) is 3.36. The lowest BCUT2D eigenvalue weighted by Gasteiger charge is -2.17. The fourth-order valence-corrected chi connectivity index (χ4v) is 3.39. The Kier molecular flexibility index (Phi) is 5.94. The first-order valence-electron chi connectivity index (χ1n) is 8.87. The molecule has 1 fully saturated rings. The second-order valence-corrected chi connectivity index (χ2v) is 7.27. The van der Waals surface area contributed by atoms with E-state index in [1.165, 1.54) is 5.56 Å². The maximum Gasteiger partial charge on any atom is 0.225 e. The average Bonchev–Trinajstić information content (AvgIpc) is 2.98. The molecule has 0 aliphatic carbocycles. The number of halogens is 1. The maximum absolute atomic E-state index is 12.4. The third-order valence-corrected chi connectivity index (χ3v) is 4.92. The average molecular weight is 371 g/mol. The monoisotopic (exact) mass is 370 g/mol. The minimum atomic E-state index is -0.271. The Labute approximate surface area is 159 Å². The molecule has 1 aliphatic heterocycles. The van der Waals surface area contributed by atoms with Gasteiger partial charge >= 0.3 is 0 Å². The molecule has 136 valence electrons. The van der Waals surface area contributed by atoms with Crippen LogP contribution in [-0.4, -0.2) is 29.8 Å². The van der Waals surface area contributed by atoms with Crippen molar-refractivity contribution in [3.63, 3.8) is 0 Å². The summed E-state index contributed by atoms with van der Waals surface area (Å²) in [5, 5.41) is 3.64. The molecular formula is C21H23ClN2O2. The zero-order valence-corrected chi connectivity index (χ0v) is 15.6. The molecular weight excluding hydrogens is 348 g/mol. The van der Waals surface area contributed by atoms with Gasteiger partial charge in [-0.2, -0.15) is 0 Å². The molecule has 4 nitrogen and oxygen atoms in total. The number of rotatable bonds is 6. The molecule has 1 atom stereocenters. The molecule has 0 radical (unpaired) electrons. The summed E-state index contributed by atoms with van der Waals surface area (Å²) >= 11 is 5.97. The summed E-state index contributed by atoms with van der Waals surface area (Å²) in [4.78, 5) is 26.4.